The Kier molecular flexibility index (Phi) is 6.12. The molecule has 9 heteroatoms. The van der Waals surface area contributed by atoms with E-state index in [4.69, 9.17) is 14.0 Å². The smallest absolute Gasteiger partial charge is 0.267 e. The van der Waals surface area contributed by atoms with Crippen LogP contribution in [0.2, 0.25) is 0 Å². The molecular formula is C10H20O8S. The van der Waals surface area contributed by atoms with Crippen LogP contribution in [0.5, 0.6) is 0 Å². The molecule has 0 unspecified atom stereocenters. The molecule has 0 aromatic rings. The van der Waals surface area contributed by atoms with Crippen molar-refractivity contribution in [2.24, 2.45) is 0 Å². The van der Waals surface area contributed by atoms with Crippen molar-refractivity contribution in [3.63, 3.8) is 0 Å². The van der Waals surface area contributed by atoms with E-state index in [0.717, 1.165) is 6.42 Å². The third kappa shape index (κ3) is 4.95. The van der Waals surface area contributed by atoms with E-state index in [2.05, 4.69) is 0 Å². The molecule has 1 aliphatic heterocycles. The Labute approximate surface area is 111 Å². The third-order valence-corrected chi connectivity index (χ3v) is 3.57. The summed E-state index contributed by atoms with van der Waals surface area (Å²) in [5.41, 5.74) is 0. The van der Waals surface area contributed by atoms with E-state index < -0.39 is 46.6 Å². The van der Waals surface area contributed by atoms with Gasteiger partial charge < -0.3 is 24.8 Å². The highest BCUT2D eigenvalue weighted by Crippen LogP contribution is 2.23. The molecule has 4 N–H and O–H groups in total. The Morgan fingerprint density at radius 2 is 1.79 bits per heavy atom. The Bertz CT molecular complexity index is 370. The summed E-state index contributed by atoms with van der Waals surface area (Å²) >= 11 is 0. The second kappa shape index (κ2) is 6.93. The summed E-state index contributed by atoms with van der Waals surface area (Å²) in [6.07, 6.45) is -5.76. The number of aliphatic hydroxyl groups excluding tert-OH is 3. The second-order valence-electron chi connectivity index (χ2n) is 4.49. The molecule has 1 heterocycles. The number of rotatable bonds is 6. The van der Waals surface area contributed by atoms with Gasteiger partial charge in [-0.05, 0) is 6.42 Å². The molecule has 0 saturated carbocycles. The molecular weight excluding hydrogens is 280 g/mol. The summed E-state index contributed by atoms with van der Waals surface area (Å²) in [6, 6.07) is 0. The first kappa shape index (κ1) is 16.8. The summed E-state index contributed by atoms with van der Waals surface area (Å²) in [7, 11) is -4.38. The van der Waals surface area contributed by atoms with Crippen LogP contribution in [0.3, 0.4) is 0 Å². The molecule has 5 atom stereocenters. The molecule has 0 aromatic heterocycles. The highest BCUT2D eigenvalue weighted by Gasteiger charge is 2.45. The van der Waals surface area contributed by atoms with Crippen molar-refractivity contribution in [2.45, 2.75) is 50.5 Å². The fraction of sp³-hybridized carbons (Fsp3) is 1.00. The largest absolute Gasteiger partial charge is 0.388 e. The maximum Gasteiger partial charge on any atom is 0.267 e. The SMILES string of the molecule is CCCCO[C@H]1O[C@H](CS(=O)(=O)O)[C@@H](O)[C@H](O)[C@H]1O. The second-order valence-corrected chi connectivity index (χ2v) is 5.98. The van der Waals surface area contributed by atoms with Gasteiger partial charge in [0.25, 0.3) is 10.1 Å². The maximum atomic E-state index is 10.8. The first-order chi connectivity index (χ1) is 8.76. The van der Waals surface area contributed by atoms with Gasteiger partial charge in [-0.15, -0.1) is 0 Å². The highest BCUT2D eigenvalue weighted by molar-refractivity contribution is 7.85. The average molecular weight is 300 g/mol. The lowest BCUT2D eigenvalue weighted by atomic mass is 10.00. The normalized spacial score (nSPS) is 36.4. The van der Waals surface area contributed by atoms with E-state index >= 15 is 0 Å². The zero-order valence-corrected chi connectivity index (χ0v) is 11.4. The van der Waals surface area contributed by atoms with Crippen LogP contribution in [0.25, 0.3) is 0 Å². The van der Waals surface area contributed by atoms with Crippen molar-refractivity contribution in [3.05, 3.63) is 0 Å². The molecule has 0 aliphatic carbocycles. The van der Waals surface area contributed by atoms with E-state index in [9.17, 15) is 23.7 Å². The fourth-order valence-electron chi connectivity index (χ4n) is 1.74. The van der Waals surface area contributed by atoms with Gasteiger partial charge in [-0.25, -0.2) is 0 Å². The zero-order valence-electron chi connectivity index (χ0n) is 10.5. The predicted molar refractivity (Wildman–Crippen MR) is 64.0 cm³/mol. The minimum Gasteiger partial charge on any atom is -0.388 e. The van der Waals surface area contributed by atoms with Crippen molar-refractivity contribution >= 4 is 10.1 Å². The third-order valence-electron chi connectivity index (χ3n) is 2.82. The molecule has 114 valence electrons. The lowest BCUT2D eigenvalue weighted by Gasteiger charge is -2.39. The minimum atomic E-state index is -4.38. The van der Waals surface area contributed by atoms with Gasteiger partial charge in [-0.1, -0.05) is 13.3 Å². The van der Waals surface area contributed by atoms with E-state index in [1.807, 2.05) is 6.92 Å². The predicted octanol–water partition coefficient (Wildman–Crippen LogP) is -1.50. The lowest BCUT2D eigenvalue weighted by molar-refractivity contribution is -0.292. The molecule has 1 fully saturated rings. The summed E-state index contributed by atoms with van der Waals surface area (Å²) in [6.45, 7) is 2.20. The van der Waals surface area contributed by atoms with E-state index in [0.29, 0.717) is 6.42 Å². The Balaban J connectivity index is 2.68. The van der Waals surface area contributed by atoms with Crippen LogP contribution >= 0.6 is 0 Å². The number of hydrogen-bond donors (Lipinski definition) is 4. The molecule has 1 rings (SSSR count). The topological polar surface area (TPSA) is 134 Å². The minimum absolute atomic E-state index is 0.264. The molecule has 8 nitrogen and oxygen atoms in total. The van der Waals surface area contributed by atoms with Crippen LogP contribution in [0.15, 0.2) is 0 Å². The average Bonchev–Trinajstić information content (AvgIpc) is 2.30. The van der Waals surface area contributed by atoms with Crippen molar-refractivity contribution in [2.75, 3.05) is 12.4 Å². The molecule has 1 saturated heterocycles. The van der Waals surface area contributed by atoms with Gasteiger partial charge in [0.05, 0.1) is 0 Å². The summed E-state index contributed by atoms with van der Waals surface area (Å²) in [5.74, 6) is -0.883. The monoisotopic (exact) mass is 300 g/mol. The fourth-order valence-corrected chi connectivity index (χ4v) is 2.43. The standard InChI is InChI=1S/C10H20O8S/c1-2-3-4-17-10-9(13)8(12)7(11)6(18-10)5-19(14,15)16/h6-13H,2-5H2,1H3,(H,14,15,16)/t6-,7-,8+,9-,10+/m1/s1. The van der Waals surface area contributed by atoms with Crippen LogP contribution in [0, 0.1) is 0 Å². The zero-order chi connectivity index (χ0) is 14.6. The summed E-state index contributed by atoms with van der Waals surface area (Å²) < 4.78 is 40.6. The molecule has 0 amide bonds. The van der Waals surface area contributed by atoms with Crippen LogP contribution in [0.4, 0.5) is 0 Å². The molecule has 1 aliphatic rings. The first-order valence-corrected chi connectivity index (χ1v) is 7.63. The van der Waals surface area contributed by atoms with E-state index in [1.165, 1.54) is 0 Å². The van der Waals surface area contributed by atoms with Crippen molar-refractivity contribution in [1.29, 1.82) is 0 Å². The quantitative estimate of drug-likeness (QED) is 0.344. The maximum absolute atomic E-state index is 10.8. The van der Waals surface area contributed by atoms with Crippen LogP contribution in [-0.2, 0) is 19.6 Å². The molecule has 0 bridgehead atoms. The van der Waals surface area contributed by atoms with Crippen LogP contribution in [0.1, 0.15) is 19.8 Å². The molecule has 0 radical (unpaired) electrons. The van der Waals surface area contributed by atoms with Gasteiger partial charge >= 0.3 is 0 Å². The first-order valence-electron chi connectivity index (χ1n) is 6.02. The molecule has 0 spiro atoms. The van der Waals surface area contributed by atoms with Gasteiger partial charge in [-0.3, -0.25) is 4.55 Å². The van der Waals surface area contributed by atoms with Gasteiger partial charge in [0.15, 0.2) is 6.29 Å². The number of hydrogen-bond acceptors (Lipinski definition) is 7. The van der Waals surface area contributed by atoms with E-state index in [-0.39, 0.29) is 6.61 Å². The summed E-state index contributed by atoms with van der Waals surface area (Å²) in [4.78, 5) is 0. The Hall–Kier alpha value is -0.290. The highest BCUT2D eigenvalue weighted by atomic mass is 32.2. The molecule has 19 heavy (non-hydrogen) atoms. The van der Waals surface area contributed by atoms with Gasteiger partial charge in [0.2, 0.25) is 0 Å². The van der Waals surface area contributed by atoms with Crippen molar-refractivity contribution < 1.29 is 37.8 Å². The number of aliphatic hydroxyl groups is 3. The van der Waals surface area contributed by atoms with Crippen molar-refractivity contribution in [1.82, 2.24) is 0 Å². The summed E-state index contributed by atoms with van der Waals surface area (Å²) in [5, 5.41) is 28.8. The number of ether oxygens (including phenoxy) is 2. The van der Waals surface area contributed by atoms with Gasteiger partial charge in [0, 0.05) is 6.61 Å². The van der Waals surface area contributed by atoms with Crippen LogP contribution < -0.4 is 0 Å². The lowest BCUT2D eigenvalue weighted by Crippen LogP contribution is -2.59. The van der Waals surface area contributed by atoms with Gasteiger partial charge in [0.1, 0.15) is 30.2 Å². The molecule has 0 aromatic carbocycles. The van der Waals surface area contributed by atoms with Crippen LogP contribution in [-0.4, -0.2) is 71.4 Å². The van der Waals surface area contributed by atoms with Crippen molar-refractivity contribution in [3.8, 4) is 0 Å². The Morgan fingerprint density at radius 3 is 2.32 bits per heavy atom. The van der Waals surface area contributed by atoms with E-state index in [1.54, 1.807) is 0 Å². The van der Waals surface area contributed by atoms with Gasteiger partial charge in [-0.2, -0.15) is 8.42 Å². The number of unbranched alkanes of at least 4 members (excludes halogenated alkanes) is 1. The Morgan fingerprint density at radius 1 is 1.16 bits per heavy atom.